The fraction of sp³-hybridized carbons (Fsp3) is 0.435. The van der Waals surface area contributed by atoms with Gasteiger partial charge in [-0.2, -0.15) is 0 Å². The highest BCUT2D eigenvalue weighted by Crippen LogP contribution is 2.35. The summed E-state index contributed by atoms with van der Waals surface area (Å²) in [6, 6.07) is 9.72. The number of hydrogen-bond donors (Lipinski definition) is 0. The molecule has 32 heavy (non-hydrogen) atoms. The Labute approximate surface area is 190 Å². The van der Waals surface area contributed by atoms with Crippen LogP contribution in [0.2, 0.25) is 0 Å². The molecule has 3 amide bonds. The molecule has 3 aliphatic heterocycles. The van der Waals surface area contributed by atoms with Gasteiger partial charge in [0.2, 0.25) is 11.8 Å². The standard InChI is InChI=1S/C23H25N3O5S/c1-30-16-6-4-15(5-7-16)21(27)24-8-9-25-20(13-24)23(29)26-12-18(11-19(26)22(25)28)32-14-17-3-2-10-31-17/h2-7,10,18-20H,8-9,11-14H2,1H3. The van der Waals surface area contributed by atoms with Crippen LogP contribution in [0.25, 0.3) is 0 Å². The zero-order valence-electron chi connectivity index (χ0n) is 17.8. The van der Waals surface area contributed by atoms with E-state index in [2.05, 4.69) is 0 Å². The molecule has 0 aliphatic carbocycles. The molecule has 0 saturated carbocycles. The monoisotopic (exact) mass is 455 g/mol. The molecule has 0 bridgehead atoms. The lowest BCUT2D eigenvalue weighted by Crippen LogP contribution is -2.69. The number of piperazine rings is 2. The molecule has 2 aromatic rings. The first-order valence-corrected chi connectivity index (χ1v) is 11.8. The van der Waals surface area contributed by atoms with E-state index in [1.165, 1.54) is 0 Å². The van der Waals surface area contributed by atoms with E-state index in [-0.39, 0.29) is 29.5 Å². The van der Waals surface area contributed by atoms with E-state index in [4.69, 9.17) is 9.15 Å². The fourth-order valence-electron chi connectivity index (χ4n) is 4.73. The molecule has 8 nitrogen and oxygen atoms in total. The molecule has 9 heteroatoms. The van der Waals surface area contributed by atoms with E-state index >= 15 is 0 Å². The molecule has 3 aliphatic rings. The van der Waals surface area contributed by atoms with Crippen LogP contribution in [-0.2, 0) is 15.3 Å². The average molecular weight is 456 g/mol. The SMILES string of the molecule is COc1ccc(C(=O)N2CCN3C(=O)C4CC(SCc5ccco5)CN4C(=O)C3C2)cc1. The van der Waals surface area contributed by atoms with Crippen molar-refractivity contribution in [3.8, 4) is 5.75 Å². The second kappa shape index (κ2) is 8.54. The van der Waals surface area contributed by atoms with Gasteiger partial charge in [0.1, 0.15) is 23.6 Å². The van der Waals surface area contributed by atoms with Gasteiger partial charge in [0.15, 0.2) is 0 Å². The summed E-state index contributed by atoms with van der Waals surface area (Å²) in [5.41, 5.74) is 0.544. The molecule has 5 rings (SSSR count). The van der Waals surface area contributed by atoms with Gasteiger partial charge >= 0.3 is 0 Å². The smallest absolute Gasteiger partial charge is 0.254 e. The Hall–Kier alpha value is -2.94. The fourth-order valence-corrected chi connectivity index (χ4v) is 5.88. The van der Waals surface area contributed by atoms with Crippen molar-refractivity contribution < 1.29 is 23.5 Å². The summed E-state index contributed by atoms with van der Waals surface area (Å²) in [4.78, 5) is 44.5. The van der Waals surface area contributed by atoms with Crippen molar-refractivity contribution in [1.29, 1.82) is 0 Å². The van der Waals surface area contributed by atoms with Crippen LogP contribution in [0.4, 0.5) is 0 Å². The first kappa shape index (κ1) is 20.9. The van der Waals surface area contributed by atoms with Crippen molar-refractivity contribution >= 4 is 29.5 Å². The van der Waals surface area contributed by atoms with Crippen LogP contribution in [-0.4, -0.2) is 83.0 Å². The van der Waals surface area contributed by atoms with E-state index in [9.17, 15) is 14.4 Å². The van der Waals surface area contributed by atoms with Crippen molar-refractivity contribution in [3.63, 3.8) is 0 Å². The number of benzene rings is 1. The molecule has 3 atom stereocenters. The molecule has 3 unspecified atom stereocenters. The predicted octanol–water partition coefficient (Wildman–Crippen LogP) is 1.86. The molecule has 0 radical (unpaired) electrons. The first-order valence-electron chi connectivity index (χ1n) is 10.7. The number of nitrogens with zero attached hydrogens (tertiary/aromatic N) is 3. The van der Waals surface area contributed by atoms with Gasteiger partial charge in [-0.25, -0.2) is 0 Å². The van der Waals surface area contributed by atoms with Gasteiger partial charge in [-0.15, -0.1) is 11.8 Å². The number of ether oxygens (including phenoxy) is 1. The molecule has 0 N–H and O–H groups in total. The van der Waals surface area contributed by atoms with Gasteiger partial charge in [-0.1, -0.05) is 0 Å². The van der Waals surface area contributed by atoms with Gasteiger partial charge in [0.05, 0.1) is 25.7 Å². The number of carbonyl (C=O) groups is 3. The first-order chi connectivity index (χ1) is 15.5. The Morgan fingerprint density at radius 3 is 2.56 bits per heavy atom. The highest BCUT2D eigenvalue weighted by molar-refractivity contribution is 7.99. The minimum atomic E-state index is -0.608. The number of hydrogen-bond acceptors (Lipinski definition) is 6. The van der Waals surface area contributed by atoms with Crippen LogP contribution in [0, 0.1) is 0 Å². The maximum absolute atomic E-state index is 13.3. The van der Waals surface area contributed by atoms with Crippen molar-refractivity contribution in [1.82, 2.24) is 14.7 Å². The zero-order chi connectivity index (χ0) is 22.2. The van der Waals surface area contributed by atoms with Gasteiger partial charge < -0.3 is 23.9 Å². The molecule has 1 aromatic carbocycles. The third kappa shape index (κ3) is 3.74. The molecule has 0 spiro atoms. The van der Waals surface area contributed by atoms with Crippen molar-refractivity contribution in [3.05, 3.63) is 54.0 Å². The van der Waals surface area contributed by atoms with Crippen molar-refractivity contribution in [2.24, 2.45) is 0 Å². The quantitative estimate of drug-likeness (QED) is 0.685. The number of carbonyl (C=O) groups excluding carboxylic acids is 3. The Morgan fingerprint density at radius 1 is 1.06 bits per heavy atom. The molecule has 3 fully saturated rings. The molecular formula is C23H25N3O5S. The number of fused-ring (bicyclic) bond motifs is 2. The number of furan rings is 1. The van der Waals surface area contributed by atoms with Crippen LogP contribution in [0.15, 0.2) is 47.1 Å². The van der Waals surface area contributed by atoms with E-state index in [1.807, 2.05) is 12.1 Å². The highest BCUT2D eigenvalue weighted by atomic mass is 32.2. The summed E-state index contributed by atoms with van der Waals surface area (Å²) in [5.74, 6) is 2.11. The topological polar surface area (TPSA) is 83.3 Å². The lowest BCUT2D eigenvalue weighted by Gasteiger charge is -2.47. The summed E-state index contributed by atoms with van der Waals surface area (Å²) < 4.78 is 10.5. The maximum atomic E-state index is 13.3. The second-order valence-electron chi connectivity index (χ2n) is 8.28. The summed E-state index contributed by atoms with van der Waals surface area (Å²) in [6.07, 6.45) is 2.31. The molecular weight excluding hydrogens is 430 g/mol. The van der Waals surface area contributed by atoms with Gasteiger partial charge in [-0.05, 0) is 42.8 Å². The molecule has 3 saturated heterocycles. The lowest BCUT2D eigenvalue weighted by molar-refractivity contribution is -0.162. The van der Waals surface area contributed by atoms with E-state index < -0.39 is 12.1 Å². The number of thioether (sulfide) groups is 1. The predicted molar refractivity (Wildman–Crippen MR) is 118 cm³/mol. The number of rotatable bonds is 5. The van der Waals surface area contributed by atoms with E-state index in [1.54, 1.807) is 64.1 Å². The molecule has 168 valence electrons. The highest BCUT2D eigenvalue weighted by Gasteiger charge is 2.52. The summed E-state index contributed by atoms with van der Waals surface area (Å²) in [5, 5.41) is 0.191. The van der Waals surface area contributed by atoms with Gasteiger partial charge in [0, 0.05) is 30.4 Å². The van der Waals surface area contributed by atoms with Gasteiger partial charge in [0.25, 0.3) is 5.91 Å². The van der Waals surface area contributed by atoms with Crippen LogP contribution in [0.3, 0.4) is 0 Å². The second-order valence-corrected chi connectivity index (χ2v) is 9.57. The lowest BCUT2D eigenvalue weighted by atomic mass is 10.0. The Balaban J connectivity index is 1.26. The van der Waals surface area contributed by atoms with E-state index in [0.717, 1.165) is 11.5 Å². The van der Waals surface area contributed by atoms with Crippen molar-refractivity contribution in [2.75, 3.05) is 33.3 Å². The van der Waals surface area contributed by atoms with Crippen LogP contribution < -0.4 is 4.74 Å². The third-order valence-electron chi connectivity index (χ3n) is 6.44. The van der Waals surface area contributed by atoms with Crippen molar-refractivity contribution in [2.45, 2.75) is 29.5 Å². The van der Waals surface area contributed by atoms with Crippen LogP contribution >= 0.6 is 11.8 Å². The van der Waals surface area contributed by atoms with Gasteiger partial charge in [-0.3, -0.25) is 14.4 Å². The zero-order valence-corrected chi connectivity index (χ0v) is 18.6. The van der Waals surface area contributed by atoms with Crippen LogP contribution in [0.5, 0.6) is 5.75 Å². The Morgan fingerprint density at radius 2 is 1.84 bits per heavy atom. The molecule has 1 aromatic heterocycles. The average Bonchev–Trinajstić information content (AvgIpc) is 3.51. The summed E-state index contributed by atoms with van der Waals surface area (Å²) in [7, 11) is 1.58. The minimum absolute atomic E-state index is 0.00671. The minimum Gasteiger partial charge on any atom is -0.497 e. The van der Waals surface area contributed by atoms with Crippen LogP contribution in [0.1, 0.15) is 22.5 Å². The number of methoxy groups -OCH3 is 1. The summed E-state index contributed by atoms with van der Waals surface area (Å²) >= 11 is 1.72. The largest absolute Gasteiger partial charge is 0.497 e. The molecule has 4 heterocycles. The Bertz CT molecular complexity index is 1010. The number of amides is 3. The normalized spacial score (nSPS) is 25.0. The van der Waals surface area contributed by atoms with E-state index in [0.29, 0.717) is 37.4 Å². The Kier molecular flexibility index (Phi) is 5.58. The third-order valence-corrected chi connectivity index (χ3v) is 7.71. The maximum Gasteiger partial charge on any atom is 0.254 e. The summed E-state index contributed by atoms with van der Waals surface area (Å²) in [6.45, 7) is 1.58.